The summed E-state index contributed by atoms with van der Waals surface area (Å²) in [7, 11) is -3.92. The largest absolute Gasteiger partial charge is 0.348 e. The molecule has 0 spiro atoms. The van der Waals surface area contributed by atoms with Crippen LogP contribution in [0.15, 0.2) is 47.6 Å². The zero-order valence-electron chi connectivity index (χ0n) is 18.2. The number of carbonyl (C=O) groups is 3. The Bertz CT molecular complexity index is 1080. The van der Waals surface area contributed by atoms with Gasteiger partial charge in [0.15, 0.2) is 5.78 Å². The van der Waals surface area contributed by atoms with Crippen molar-refractivity contribution in [1.29, 1.82) is 0 Å². The normalized spacial score (nSPS) is 18.7. The van der Waals surface area contributed by atoms with Crippen molar-refractivity contribution in [1.82, 2.24) is 19.8 Å². The van der Waals surface area contributed by atoms with Gasteiger partial charge in [0.25, 0.3) is 5.91 Å². The lowest BCUT2D eigenvalue weighted by molar-refractivity contribution is -0.141. The van der Waals surface area contributed by atoms with Gasteiger partial charge in [-0.15, -0.1) is 0 Å². The Kier molecular flexibility index (Phi) is 7.57. The lowest BCUT2D eigenvalue weighted by Gasteiger charge is -2.23. The SMILES string of the molecule is CC(C)C(NS(=O)(=O)c1ccccc1)C(=O)CC1CCc2cnn(c2)CCNC(=O)C1=O. The summed E-state index contributed by atoms with van der Waals surface area (Å²) in [6, 6.07) is 6.78. The molecule has 2 N–H and O–H groups in total. The summed E-state index contributed by atoms with van der Waals surface area (Å²) in [4.78, 5) is 38.2. The Morgan fingerprint density at radius 2 is 1.97 bits per heavy atom. The number of aromatic nitrogens is 2. The molecule has 9 nitrogen and oxygen atoms in total. The summed E-state index contributed by atoms with van der Waals surface area (Å²) in [5.74, 6) is -2.99. The number of carbonyl (C=O) groups excluding carboxylic acids is 3. The molecule has 1 aromatic heterocycles. The molecule has 32 heavy (non-hydrogen) atoms. The van der Waals surface area contributed by atoms with Gasteiger partial charge in [0.1, 0.15) is 0 Å². The van der Waals surface area contributed by atoms with E-state index in [1.807, 2.05) is 6.20 Å². The van der Waals surface area contributed by atoms with Crippen molar-refractivity contribution in [2.45, 2.75) is 50.6 Å². The van der Waals surface area contributed by atoms with Crippen LogP contribution in [0.2, 0.25) is 0 Å². The van der Waals surface area contributed by atoms with Crippen molar-refractivity contribution in [2.24, 2.45) is 11.8 Å². The number of ketones is 2. The minimum absolute atomic E-state index is 0.0563. The lowest BCUT2D eigenvalue weighted by atomic mass is 9.87. The molecule has 2 atom stereocenters. The van der Waals surface area contributed by atoms with E-state index >= 15 is 0 Å². The second-order valence-electron chi connectivity index (χ2n) is 8.29. The molecule has 0 aliphatic carbocycles. The number of rotatable bonds is 7. The maximum absolute atomic E-state index is 13.1. The molecule has 1 aliphatic heterocycles. The average Bonchev–Trinajstić information content (AvgIpc) is 3.21. The predicted molar refractivity (Wildman–Crippen MR) is 117 cm³/mol. The monoisotopic (exact) mass is 460 g/mol. The van der Waals surface area contributed by atoms with Gasteiger partial charge in [-0.05, 0) is 36.5 Å². The van der Waals surface area contributed by atoms with E-state index in [2.05, 4.69) is 15.1 Å². The third-order valence-electron chi connectivity index (χ3n) is 5.49. The first-order valence-corrected chi connectivity index (χ1v) is 12.1. The Balaban J connectivity index is 1.77. The molecule has 3 rings (SSSR count). The molecule has 10 heteroatoms. The smallest absolute Gasteiger partial charge is 0.287 e. The average molecular weight is 461 g/mol. The summed E-state index contributed by atoms with van der Waals surface area (Å²) in [6.07, 6.45) is 4.11. The van der Waals surface area contributed by atoms with Gasteiger partial charge >= 0.3 is 0 Å². The minimum atomic E-state index is -3.92. The molecule has 0 saturated carbocycles. The number of Topliss-reactive ketones (excluding diaryl/α,β-unsaturated/α-hetero) is 2. The molecule has 1 aliphatic rings. The number of aryl methyl sites for hydroxylation is 1. The van der Waals surface area contributed by atoms with Crippen LogP contribution in [0.1, 0.15) is 32.3 Å². The summed E-state index contributed by atoms with van der Waals surface area (Å²) >= 11 is 0. The number of amides is 1. The maximum atomic E-state index is 13.1. The van der Waals surface area contributed by atoms with Crippen LogP contribution in [-0.2, 0) is 37.4 Å². The number of fused-ring (bicyclic) bond motifs is 2. The molecule has 2 unspecified atom stereocenters. The zero-order chi connectivity index (χ0) is 23.3. The number of nitrogens with zero attached hydrogens (tertiary/aromatic N) is 2. The van der Waals surface area contributed by atoms with E-state index in [0.717, 1.165) is 5.56 Å². The van der Waals surface area contributed by atoms with Crippen molar-refractivity contribution in [3.05, 3.63) is 48.3 Å². The van der Waals surface area contributed by atoms with Gasteiger partial charge in [0, 0.05) is 25.1 Å². The second-order valence-corrected chi connectivity index (χ2v) is 10.0. The highest BCUT2D eigenvalue weighted by Gasteiger charge is 2.33. The van der Waals surface area contributed by atoms with Crippen LogP contribution >= 0.6 is 0 Å². The fourth-order valence-corrected chi connectivity index (χ4v) is 5.05. The molecule has 0 fully saturated rings. The van der Waals surface area contributed by atoms with Gasteiger partial charge in [-0.2, -0.15) is 5.10 Å². The van der Waals surface area contributed by atoms with Crippen LogP contribution in [0, 0.1) is 11.8 Å². The summed E-state index contributed by atoms with van der Waals surface area (Å²) < 4.78 is 29.7. The zero-order valence-corrected chi connectivity index (χ0v) is 19.0. The highest BCUT2D eigenvalue weighted by atomic mass is 32.2. The van der Waals surface area contributed by atoms with Gasteiger partial charge in [0.2, 0.25) is 15.8 Å². The number of hydrogen-bond acceptors (Lipinski definition) is 6. The fourth-order valence-electron chi connectivity index (χ4n) is 3.66. The van der Waals surface area contributed by atoms with Gasteiger partial charge in [0.05, 0.1) is 23.7 Å². The molecule has 2 heterocycles. The van der Waals surface area contributed by atoms with Gasteiger partial charge in [-0.25, -0.2) is 13.1 Å². The Hall–Kier alpha value is -2.85. The fraction of sp³-hybridized carbons (Fsp3) is 0.455. The van der Waals surface area contributed by atoms with Crippen LogP contribution in [0.25, 0.3) is 0 Å². The van der Waals surface area contributed by atoms with E-state index in [1.54, 1.807) is 42.9 Å². The molecule has 1 amide bonds. The highest BCUT2D eigenvalue weighted by Crippen LogP contribution is 2.20. The topological polar surface area (TPSA) is 127 Å². The Labute approximate surface area is 187 Å². The number of sulfonamides is 1. The van der Waals surface area contributed by atoms with E-state index in [-0.39, 0.29) is 23.8 Å². The Morgan fingerprint density at radius 3 is 2.66 bits per heavy atom. The first kappa shape index (κ1) is 23.8. The number of benzene rings is 1. The van der Waals surface area contributed by atoms with Crippen LogP contribution in [0.4, 0.5) is 0 Å². The van der Waals surface area contributed by atoms with Gasteiger partial charge in [-0.3, -0.25) is 19.1 Å². The third-order valence-corrected chi connectivity index (χ3v) is 6.94. The molecule has 1 aromatic carbocycles. The summed E-state index contributed by atoms with van der Waals surface area (Å²) in [5.41, 5.74) is 0.912. The number of nitrogens with one attached hydrogen (secondary N) is 2. The van der Waals surface area contributed by atoms with E-state index in [4.69, 9.17) is 0 Å². The van der Waals surface area contributed by atoms with Crippen molar-refractivity contribution in [3.63, 3.8) is 0 Å². The first-order chi connectivity index (χ1) is 15.2. The standard InChI is InChI=1S/C22H28N4O5S/c1-15(2)20(25-32(30,31)18-6-4-3-5-7-18)19(27)12-17-9-8-16-13-24-26(14-16)11-10-23-22(29)21(17)28/h3-7,13-15,17,20,25H,8-12H2,1-2H3,(H,23,29). The Morgan fingerprint density at radius 1 is 1.25 bits per heavy atom. The molecule has 172 valence electrons. The number of hydrogen-bond donors (Lipinski definition) is 2. The molecule has 0 saturated heterocycles. The quantitative estimate of drug-likeness (QED) is 0.596. The van der Waals surface area contributed by atoms with Crippen molar-refractivity contribution >= 4 is 27.5 Å². The lowest BCUT2D eigenvalue weighted by Crippen LogP contribution is -2.46. The van der Waals surface area contributed by atoms with Crippen LogP contribution in [-0.4, -0.2) is 48.3 Å². The van der Waals surface area contributed by atoms with Gasteiger partial charge < -0.3 is 5.32 Å². The molecule has 0 radical (unpaired) electrons. The maximum Gasteiger partial charge on any atom is 0.287 e. The van der Waals surface area contributed by atoms with Crippen molar-refractivity contribution in [2.75, 3.05) is 6.54 Å². The van der Waals surface area contributed by atoms with Crippen molar-refractivity contribution in [3.8, 4) is 0 Å². The summed E-state index contributed by atoms with van der Waals surface area (Å²) in [6.45, 7) is 4.16. The third kappa shape index (κ3) is 5.89. The van der Waals surface area contributed by atoms with E-state index in [0.29, 0.717) is 19.4 Å². The summed E-state index contributed by atoms with van der Waals surface area (Å²) in [5, 5.41) is 6.79. The van der Waals surface area contributed by atoms with Crippen molar-refractivity contribution < 1.29 is 22.8 Å². The minimum Gasteiger partial charge on any atom is -0.348 e. The van der Waals surface area contributed by atoms with E-state index in [1.165, 1.54) is 12.1 Å². The molecule has 2 aromatic rings. The first-order valence-electron chi connectivity index (χ1n) is 10.6. The molecule has 2 bridgehead atoms. The van der Waals surface area contributed by atoms with Crippen LogP contribution < -0.4 is 10.0 Å². The van der Waals surface area contributed by atoms with Gasteiger partial charge in [-0.1, -0.05) is 32.0 Å². The predicted octanol–water partition coefficient (Wildman–Crippen LogP) is 1.09. The molecular weight excluding hydrogens is 432 g/mol. The van der Waals surface area contributed by atoms with E-state index in [9.17, 15) is 22.8 Å². The van der Waals surface area contributed by atoms with E-state index < -0.39 is 39.5 Å². The van der Waals surface area contributed by atoms with Crippen LogP contribution in [0.3, 0.4) is 0 Å². The molecular formula is C22H28N4O5S. The second kappa shape index (κ2) is 10.2. The highest BCUT2D eigenvalue weighted by molar-refractivity contribution is 7.89. The van der Waals surface area contributed by atoms with Crippen LogP contribution in [0.5, 0.6) is 0 Å².